The average molecular weight is 275 g/mol. The Morgan fingerprint density at radius 2 is 2.15 bits per heavy atom. The lowest BCUT2D eigenvalue weighted by atomic mass is 10.1. The van der Waals surface area contributed by atoms with Gasteiger partial charge in [-0.2, -0.15) is 5.26 Å². The normalized spacial score (nSPS) is 11.2. The Labute approximate surface area is 117 Å². The summed E-state index contributed by atoms with van der Waals surface area (Å²) in [5.41, 5.74) is 1.48. The van der Waals surface area contributed by atoms with Crippen LogP contribution in [0.4, 0.5) is 10.5 Å². The first-order chi connectivity index (χ1) is 9.49. The summed E-state index contributed by atoms with van der Waals surface area (Å²) in [6.07, 6.45) is 0.993. The fourth-order valence-electron chi connectivity index (χ4n) is 1.78. The number of amides is 2. The van der Waals surface area contributed by atoms with Gasteiger partial charge in [0.1, 0.15) is 12.1 Å². The third kappa shape index (κ3) is 3.99. The molecular weight excluding hydrogens is 258 g/mol. The number of rotatable bonds is 5. The zero-order valence-electron chi connectivity index (χ0n) is 11.4. The van der Waals surface area contributed by atoms with Crippen LogP contribution < -0.4 is 10.6 Å². The van der Waals surface area contributed by atoms with Gasteiger partial charge in [-0.1, -0.05) is 25.5 Å². The highest BCUT2D eigenvalue weighted by Gasteiger charge is 2.19. The molecule has 0 saturated carbocycles. The van der Waals surface area contributed by atoms with Crippen molar-refractivity contribution in [3.05, 3.63) is 29.3 Å². The number of anilines is 1. The Bertz CT molecular complexity index is 549. The number of benzene rings is 1. The molecule has 1 rings (SSSR count). The number of urea groups is 1. The predicted molar refractivity (Wildman–Crippen MR) is 74.4 cm³/mol. The van der Waals surface area contributed by atoms with Crippen LogP contribution in [0.1, 0.15) is 30.9 Å². The summed E-state index contributed by atoms with van der Waals surface area (Å²) in [4.78, 5) is 22.7. The van der Waals surface area contributed by atoms with Gasteiger partial charge in [0, 0.05) is 0 Å². The van der Waals surface area contributed by atoms with Crippen molar-refractivity contribution in [1.29, 1.82) is 5.26 Å². The van der Waals surface area contributed by atoms with Crippen LogP contribution in [0.15, 0.2) is 18.2 Å². The van der Waals surface area contributed by atoms with Gasteiger partial charge in [0.05, 0.1) is 11.3 Å². The summed E-state index contributed by atoms with van der Waals surface area (Å²) in [6.45, 7) is 3.60. The molecule has 1 atom stereocenters. The second-order valence-corrected chi connectivity index (χ2v) is 4.39. The second-order valence-electron chi connectivity index (χ2n) is 4.39. The number of carboxylic acids is 1. The fourth-order valence-corrected chi connectivity index (χ4v) is 1.78. The molecule has 0 spiro atoms. The van der Waals surface area contributed by atoms with E-state index in [9.17, 15) is 9.59 Å². The number of carbonyl (C=O) groups excluding carboxylic acids is 1. The number of aliphatic carboxylic acids is 1. The van der Waals surface area contributed by atoms with Gasteiger partial charge in [0.2, 0.25) is 0 Å². The topological polar surface area (TPSA) is 102 Å². The molecule has 1 aromatic rings. The van der Waals surface area contributed by atoms with Crippen molar-refractivity contribution in [2.24, 2.45) is 0 Å². The summed E-state index contributed by atoms with van der Waals surface area (Å²) in [5, 5.41) is 22.9. The van der Waals surface area contributed by atoms with E-state index in [0.29, 0.717) is 24.1 Å². The van der Waals surface area contributed by atoms with Gasteiger partial charge in [-0.15, -0.1) is 0 Å². The summed E-state index contributed by atoms with van der Waals surface area (Å²) < 4.78 is 0. The van der Waals surface area contributed by atoms with Gasteiger partial charge in [0.25, 0.3) is 0 Å². The molecular formula is C14H17N3O3. The molecule has 1 unspecified atom stereocenters. The van der Waals surface area contributed by atoms with E-state index in [-0.39, 0.29) is 0 Å². The number of hydrogen-bond acceptors (Lipinski definition) is 3. The molecule has 0 bridgehead atoms. The standard InChI is InChI=1S/C14H17N3O3/c1-3-5-12(13(18)19)17-14(20)16-11-7-4-6-9(2)10(11)8-15/h4,6-7,12H,3,5H2,1-2H3,(H,18,19)(H2,16,17,20). The maximum atomic E-state index is 11.8. The van der Waals surface area contributed by atoms with E-state index in [1.165, 1.54) is 0 Å². The van der Waals surface area contributed by atoms with E-state index in [1.807, 2.05) is 13.0 Å². The quantitative estimate of drug-likeness (QED) is 0.766. The molecule has 0 saturated heterocycles. The number of carbonyl (C=O) groups is 2. The number of nitrogens with zero attached hydrogens (tertiary/aromatic N) is 1. The first kappa shape index (κ1) is 15.5. The molecule has 0 aromatic heterocycles. The van der Waals surface area contributed by atoms with Crippen LogP contribution in [0, 0.1) is 18.3 Å². The maximum absolute atomic E-state index is 11.8. The zero-order chi connectivity index (χ0) is 15.1. The molecule has 0 heterocycles. The summed E-state index contributed by atoms with van der Waals surface area (Å²) in [5.74, 6) is -1.08. The van der Waals surface area contributed by atoms with Gasteiger partial charge in [-0.25, -0.2) is 9.59 Å². The van der Waals surface area contributed by atoms with Crippen LogP contribution in [-0.2, 0) is 4.79 Å². The second kappa shape index (κ2) is 7.14. The third-order valence-corrected chi connectivity index (χ3v) is 2.81. The SMILES string of the molecule is CCCC(NC(=O)Nc1cccc(C)c1C#N)C(=O)O. The van der Waals surface area contributed by atoms with Crippen molar-refractivity contribution in [2.45, 2.75) is 32.7 Å². The minimum Gasteiger partial charge on any atom is -0.480 e. The first-order valence-electron chi connectivity index (χ1n) is 6.29. The Kier molecular flexibility index (Phi) is 5.54. The highest BCUT2D eigenvalue weighted by molar-refractivity contribution is 5.93. The van der Waals surface area contributed by atoms with E-state index in [0.717, 1.165) is 5.56 Å². The van der Waals surface area contributed by atoms with Crippen LogP contribution in [0.3, 0.4) is 0 Å². The lowest BCUT2D eigenvalue weighted by Crippen LogP contribution is -2.43. The maximum Gasteiger partial charge on any atom is 0.326 e. The molecule has 106 valence electrons. The number of hydrogen-bond donors (Lipinski definition) is 3. The molecule has 20 heavy (non-hydrogen) atoms. The molecule has 0 aliphatic carbocycles. The molecule has 0 aliphatic rings. The van der Waals surface area contributed by atoms with Crippen LogP contribution in [0.5, 0.6) is 0 Å². The largest absolute Gasteiger partial charge is 0.480 e. The lowest BCUT2D eigenvalue weighted by Gasteiger charge is -2.15. The molecule has 3 N–H and O–H groups in total. The van der Waals surface area contributed by atoms with Crippen LogP contribution in [-0.4, -0.2) is 23.1 Å². The van der Waals surface area contributed by atoms with Crippen molar-refractivity contribution in [3.63, 3.8) is 0 Å². The Morgan fingerprint density at radius 1 is 1.45 bits per heavy atom. The summed E-state index contributed by atoms with van der Waals surface area (Å²) >= 11 is 0. The fraction of sp³-hybridized carbons (Fsp3) is 0.357. The van der Waals surface area contributed by atoms with Crippen molar-refractivity contribution >= 4 is 17.7 Å². The highest BCUT2D eigenvalue weighted by Crippen LogP contribution is 2.18. The van der Waals surface area contributed by atoms with Gasteiger partial charge < -0.3 is 15.7 Å². The van der Waals surface area contributed by atoms with Gasteiger partial charge in [0.15, 0.2) is 0 Å². The molecule has 0 aliphatic heterocycles. The van der Waals surface area contributed by atoms with Crippen LogP contribution in [0.2, 0.25) is 0 Å². The van der Waals surface area contributed by atoms with Crippen molar-refractivity contribution in [2.75, 3.05) is 5.32 Å². The van der Waals surface area contributed by atoms with Gasteiger partial charge in [-0.3, -0.25) is 0 Å². The number of nitrogens with one attached hydrogen (secondary N) is 2. The third-order valence-electron chi connectivity index (χ3n) is 2.81. The monoisotopic (exact) mass is 275 g/mol. The average Bonchev–Trinajstić information content (AvgIpc) is 2.38. The summed E-state index contributed by atoms with van der Waals surface area (Å²) in [7, 11) is 0. The Morgan fingerprint density at radius 3 is 2.70 bits per heavy atom. The van der Waals surface area contributed by atoms with Crippen LogP contribution >= 0.6 is 0 Å². The van der Waals surface area contributed by atoms with E-state index >= 15 is 0 Å². The van der Waals surface area contributed by atoms with E-state index < -0.39 is 18.0 Å². The molecule has 0 fully saturated rings. The molecule has 1 aromatic carbocycles. The van der Waals surface area contributed by atoms with E-state index in [1.54, 1.807) is 25.1 Å². The highest BCUT2D eigenvalue weighted by atomic mass is 16.4. The summed E-state index contributed by atoms with van der Waals surface area (Å²) in [6, 6.07) is 5.52. The van der Waals surface area contributed by atoms with Crippen molar-refractivity contribution in [1.82, 2.24) is 5.32 Å². The number of carboxylic acid groups (broad SMARTS) is 1. The molecule has 0 radical (unpaired) electrons. The minimum absolute atomic E-state index is 0.349. The van der Waals surface area contributed by atoms with E-state index in [4.69, 9.17) is 10.4 Å². The number of nitriles is 1. The molecule has 6 heteroatoms. The van der Waals surface area contributed by atoms with E-state index in [2.05, 4.69) is 10.6 Å². The first-order valence-corrected chi connectivity index (χ1v) is 6.29. The van der Waals surface area contributed by atoms with Crippen molar-refractivity contribution in [3.8, 4) is 6.07 Å². The Hall–Kier alpha value is -2.55. The predicted octanol–water partition coefficient (Wildman–Crippen LogP) is 2.24. The zero-order valence-corrected chi connectivity index (χ0v) is 11.4. The molecule has 6 nitrogen and oxygen atoms in total. The number of aryl methyl sites for hydroxylation is 1. The Balaban J connectivity index is 2.79. The van der Waals surface area contributed by atoms with Crippen molar-refractivity contribution < 1.29 is 14.7 Å². The van der Waals surface area contributed by atoms with Gasteiger partial charge >= 0.3 is 12.0 Å². The van der Waals surface area contributed by atoms with Crippen LogP contribution in [0.25, 0.3) is 0 Å². The molecule has 2 amide bonds. The smallest absolute Gasteiger partial charge is 0.326 e. The minimum atomic E-state index is -1.08. The lowest BCUT2D eigenvalue weighted by molar-refractivity contribution is -0.139. The van der Waals surface area contributed by atoms with Gasteiger partial charge in [-0.05, 0) is 25.0 Å².